The first kappa shape index (κ1) is 22.3. The molecule has 2 aromatic carbocycles. The lowest BCUT2D eigenvalue weighted by molar-refractivity contribution is -0.118. The van der Waals surface area contributed by atoms with Crippen molar-refractivity contribution >= 4 is 40.9 Å². The fourth-order valence-electron chi connectivity index (χ4n) is 4.03. The zero-order valence-corrected chi connectivity index (χ0v) is 19.7. The molecule has 1 unspecified atom stereocenters. The van der Waals surface area contributed by atoms with Crippen molar-refractivity contribution in [3.8, 4) is 0 Å². The van der Waals surface area contributed by atoms with Gasteiger partial charge in [-0.05, 0) is 61.2 Å². The smallest absolute Gasteiger partial charge is 0.287 e. The largest absolute Gasteiger partial charge is 0.459 e. The number of carbonyl (C=O) groups excluding carboxylic acids is 3. The van der Waals surface area contributed by atoms with Gasteiger partial charge < -0.3 is 20.0 Å². The van der Waals surface area contributed by atoms with Crippen molar-refractivity contribution in [3.63, 3.8) is 0 Å². The molecule has 0 saturated heterocycles. The van der Waals surface area contributed by atoms with Gasteiger partial charge in [-0.25, -0.2) is 0 Å². The highest BCUT2D eigenvalue weighted by molar-refractivity contribution is 7.99. The molecule has 0 radical (unpaired) electrons. The molecule has 34 heavy (non-hydrogen) atoms. The monoisotopic (exact) mass is 475 g/mol. The van der Waals surface area contributed by atoms with Gasteiger partial charge in [-0.1, -0.05) is 37.7 Å². The van der Waals surface area contributed by atoms with Gasteiger partial charge in [0.1, 0.15) is 6.04 Å². The molecular weight excluding hydrogens is 450 g/mol. The van der Waals surface area contributed by atoms with Gasteiger partial charge in [0.2, 0.25) is 5.91 Å². The van der Waals surface area contributed by atoms with Crippen LogP contribution in [0.2, 0.25) is 0 Å². The zero-order chi connectivity index (χ0) is 23.8. The molecular formula is C26H25N3O4S. The minimum Gasteiger partial charge on any atom is -0.459 e. The molecule has 1 atom stereocenters. The van der Waals surface area contributed by atoms with Crippen molar-refractivity contribution in [1.82, 2.24) is 5.32 Å². The predicted molar refractivity (Wildman–Crippen MR) is 130 cm³/mol. The maximum atomic E-state index is 13.3. The summed E-state index contributed by atoms with van der Waals surface area (Å²) in [6, 6.07) is 15.9. The van der Waals surface area contributed by atoms with Crippen LogP contribution in [0.25, 0.3) is 0 Å². The first-order valence-corrected chi connectivity index (χ1v) is 12.1. The van der Waals surface area contributed by atoms with Crippen LogP contribution in [0.5, 0.6) is 0 Å². The fraction of sp³-hybridized carbons (Fsp3) is 0.269. The third kappa shape index (κ3) is 4.33. The lowest BCUT2D eigenvalue weighted by atomic mass is 10.0. The van der Waals surface area contributed by atoms with Crippen LogP contribution in [-0.4, -0.2) is 29.8 Å². The Balaban J connectivity index is 1.40. The van der Waals surface area contributed by atoms with Gasteiger partial charge in [-0.3, -0.25) is 14.4 Å². The van der Waals surface area contributed by atoms with Crippen molar-refractivity contribution in [2.45, 2.75) is 48.6 Å². The second-order valence-corrected chi connectivity index (χ2v) is 9.93. The van der Waals surface area contributed by atoms with Crippen LogP contribution in [0.15, 0.2) is 75.1 Å². The van der Waals surface area contributed by atoms with E-state index in [0.29, 0.717) is 11.3 Å². The van der Waals surface area contributed by atoms with E-state index in [-0.39, 0.29) is 29.5 Å². The first-order chi connectivity index (χ1) is 16.4. The Bertz CT molecular complexity index is 1250. The first-order valence-electron chi connectivity index (χ1n) is 11.3. The number of hydrogen-bond acceptors (Lipinski definition) is 5. The number of nitrogens with zero attached hydrogens (tertiary/aromatic N) is 1. The molecule has 0 spiro atoms. The second kappa shape index (κ2) is 9.02. The molecule has 3 aromatic rings. The number of carbonyl (C=O) groups is 3. The van der Waals surface area contributed by atoms with Crippen LogP contribution < -0.4 is 15.5 Å². The minimum absolute atomic E-state index is 0.0154. The molecule has 1 fully saturated rings. The van der Waals surface area contributed by atoms with Crippen molar-refractivity contribution in [1.29, 1.82) is 0 Å². The number of furan rings is 1. The summed E-state index contributed by atoms with van der Waals surface area (Å²) < 4.78 is 5.14. The Hall–Kier alpha value is -3.52. The fourth-order valence-corrected chi connectivity index (χ4v) is 5.14. The average Bonchev–Trinajstić information content (AvgIpc) is 3.51. The molecule has 3 amide bonds. The quantitative estimate of drug-likeness (QED) is 0.527. The number of rotatable bonds is 6. The zero-order valence-electron chi connectivity index (χ0n) is 18.9. The summed E-state index contributed by atoms with van der Waals surface area (Å²) in [6.07, 6.45) is 3.39. The van der Waals surface area contributed by atoms with Crippen molar-refractivity contribution in [3.05, 3.63) is 72.2 Å². The minimum atomic E-state index is -0.741. The Morgan fingerprint density at radius 3 is 2.56 bits per heavy atom. The summed E-state index contributed by atoms with van der Waals surface area (Å²) >= 11 is 1.52. The SMILES string of the molecule is CC(C)C(NC(=O)c1ccco1)C(=O)Nc1ccc2c(c1)Sc1ccccc1C(=O)N2C1CC1. The summed E-state index contributed by atoms with van der Waals surface area (Å²) in [6.45, 7) is 3.74. The Kier molecular flexibility index (Phi) is 5.91. The topological polar surface area (TPSA) is 91.6 Å². The standard InChI is InChI=1S/C26H25N3O4S/c1-15(2)23(28-24(30)20-7-5-13-33-20)25(31)27-16-9-12-19-22(14-16)34-21-8-4-3-6-18(21)26(32)29(19)17-10-11-17/h3-9,12-15,17,23H,10-11H2,1-2H3,(H,27,31)(H,28,30). The number of fused-ring (bicyclic) bond motifs is 2. The van der Waals surface area contributed by atoms with E-state index in [1.165, 1.54) is 18.0 Å². The van der Waals surface area contributed by atoms with Gasteiger partial charge in [0.25, 0.3) is 11.8 Å². The van der Waals surface area contributed by atoms with Crippen LogP contribution in [-0.2, 0) is 4.79 Å². The van der Waals surface area contributed by atoms with E-state index in [9.17, 15) is 14.4 Å². The average molecular weight is 476 g/mol. The van der Waals surface area contributed by atoms with E-state index < -0.39 is 11.9 Å². The van der Waals surface area contributed by atoms with Gasteiger partial charge in [0, 0.05) is 21.5 Å². The van der Waals surface area contributed by atoms with E-state index in [1.54, 1.807) is 12.1 Å². The molecule has 8 heteroatoms. The normalized spacial score (nSPS) is 15.9. The number of nitrogens with one attached hydrogen (secondary N) is 2. The number of hydrogen-bond donors (Lipinski definition) is 2. The molecule has 1 saturated carbocycles. The highest BCUT2D eigenvalue weighted by Crippen LogP contribution is 2.46. The van der Waals surface area contributed by atoms with Crippen molar-refractivity contribution in [2.75, 3.05) is 10.2 Å². The Labute approximate surface area is 201 Å². The molecule has 2 aliphatic rings. The second-order valence-electron chi connectivity index (χ2n) is 8.85. The van der Waals surface area contributed by atoms with Crippen LogP contribution in [0.4, 0.5) is 11.4 Å². The molecule has 174 valence electrons. The van der Waals surface area contributed by atoms with E-state index in [4.69, 9.17) is 4.42 Å². The third-order valence-corrected chi connectivity index (χ3v) is 7.06. The van der Waals surface area contributed by atoms with Gasteiger partial charge in [0.15, 0.2) is 5.76 Å². The number of amides is 3. The van der Waals surface area contributed by atoms with Crippen LogP contribution in [0.1, 0.15) is 47.6 Å². The molecule has 1 aromatic heterocycles. The highest BCUT2D eigenvalue weighted by Gasteiger charge is 2.38. The lowest BCUT2D eigenvalue weighted by Gasteiger charge is -2.24. The predicted octanol–water partition coefficient (Wildman–Crippen LogP) is 4.95. The van der Waals surface area contributed by atoms with E-state index in [1.807, 2.05) is 61.2 Å². The number of anilines is 2. The summed E-state index contributed by atoms with van der Waals surface area (Å²) in [5, 5.41) is 5.70. The summed E-state index contributed by atoms with van der Waals surface area (Å²) in [5.74, 6) is -0.718. The molecule has 0 bridgehead atoms. The molecule has 2 N–H and O–H groups in total. The van der Waals surface area contributed by atoms with E-state index in [2.05, 4.69) is 10.6 Å². The van der Waals surface area contributed by atoms with E-state index >= 15 is 0 Å². The van der Waals surface area contributed by atoms with Gasteiger partial charge in [-0.2, -0.15) is 0 Å². The van der Waals surface area contributed by atoms with Crippen LogP contribution in [0, 0.1) is 5.92 Å². The van der Waals surface area contributed by atoms with E-state index in [0.717, 1.165) is 28.3 Å². The Morgan fingerprint density at radius 2 is 1.85 bits per heavy atom. The van der Waals surface area contributed by atoms with Crippen molar-refractivity contribution in [2.24, 2.45) is 5.92 Å². The van der Waals surface area contributed by atoms with Crippen LogP contribution >= 0.6 is 11.8 Å². The van der Waals surface area contributed by atoms with Crippen molar-refractivity contribution < 1.29 is 18.8 Å². The molecule has 1 aliphatic heterocycles. The third-order valence-electron chi connectivity index (χ3n) is 5.94. The maximum absolute atomic E-state index is 13.3. The van der Waals surface area contributed by atoms with Gasteiger partial charge in [-0.15, -0.1) is 0 Å². The molecule has 2 heterocycles. The Morgan fingerprint density at radius 1 is 1.06 bits per heavy atom. The number of benzene rings is 2. The van der Waals surface area contributed by atoms with Crippen LogP contribution in [0.3, 0.4) is 0 Å². The lowest BCUT2D eigenvalue weighted by Crippen LogP contribution is -2.47. The molecule has 1 aliphatic carbocycles. The summed E-state index contributed by atoms with van der Waals surface area (Å²) in [5.41, 5.74) is 2.16. The summed E-state index contributed by atoms with van der Waals surface area (Å²) in [4.78, 5) is 42.5. The molecule has 5 rings (SSSR count). The van der Waals surface area contributed by atoms with Gasteiger partial charge in [0.05, 0.1) is 17.5 Å². The molecule has 7 nitrogen and oxygen atoms in total. The maximum Gasteiger partial charge on any atom is 0.287 e. The van der Waals surface area contributed by atoms with Gasteiger partial charge >= 0.3 is 0 Å². The highest BCUT2D eigenvalue weighted by atomic mass is 32.2. The summed E-state index contributed by atoms with van der Waals surface area (Å²) in [7, 11) is 0.